The van der Waals surface area contributed by atoms with Crippen molar-refractivity contribution in [3.8, 4) is 0 Å². The lowest BCUT2D eigenvalue weighted by Gasteiger charge is -2.30. The third-order valence-corrected chi connectivity index (χ3v) is 3.33. The summed E-state index contributed by atoms with van der Waals surface area (Å²) in [6.07, 6.45) is 3.30. The quantitative estimate of drug-likeness (QED) is 0.639. The molecule has 0 saturated carbocycles. The molecule has 100 valence electrons. The molecular weight excluding hydrogens is 238 g/mol. The first-order chi connectivity index (χ1) is 8.70. The van der Waals surface area contributed by atoms with E-state index in [0.717, 1.165) is 31.4 Å². The Bertz CT molecular complexity index is 395. The van der Waals surface area contributed by atoms with Crippen molar-refractivity contribution >= 4 is 0 Å². The molecule has 0 radical (unpaired) electrons. The van der Waals surface area contributed by atoms with Gasteiger partial charge >= 0.3 is 0 Å². The molecule has 1 fully saturated rings. The molecule has 5 heteroatoms. The Kier molecular flexibility index (Phi) is 4.63. The number of hydrogen-bond donors (Lipinski definition) is 2. The maximum atomic E-state index is 13.6. The molecule has 2 unspecified atom stereocenters. The van der Waals surface area contributed by atoms with Crippen LogP contribution in [0.3, 0.4) is 0 Å². The van der Waals surface area contributed by atoms with Crippen LogP contribution in [0.5, 0.6) is 0 Å². The minimum Gasteiger partial charge on any atom is -0.377 e. The summed E-state index contributed by atoms with van der Waals surface area (Å²) < 4.78 is 32.3. The fourth-order valence-electron chi connectivity index (χ4n) is 2.32. The van der Waals surface area contributed by atoms with Gasteiger partial charge in [-0.1, -0.05) is 0 Å². The molecule has 2 atom stereocenters. The van der Waals surface area contributed by atoms with Gasteiger partial charge in [0.25, 0.3) is 0 Å². The van der Waals surface area contributed by atoms with Crippen LogP contribution in [0.1, 0.15) is 24.8 Å². The van der Waals surface area contributed by atoms with Crippen LogP contribution in [-0.2, 0) is 11.2 Å². The minimum absolute atomic E-state index is 0.0357. The smallest absolute Gasteiger partial charge is 0.126 e. The van der Waals surface area contributed by atoms with E-state index in [9.17, 15) is 8.78 Å². The van der Waals surface area contributed by atoms with Crippen molar-refractivity contribution < 1.29 is 13.5 Å². The van der Waals surface area contributed by atoms with Crippen molar-refractivity contribution in [1.82, 2.24) is 5.43 Å². The van der Waals surface area contributed by atoms with E-state index >= 15 is 0 Å². The normalized spacial score (nSPS) is 21.8. The van der Waals surface area contributed by atoms with Crippen LogP contribution < -0.4 is 11.3 Å². The van der Waals surface area contributed by atoms with Crippen LogP contribution in [-0.4, -0.2) is 18.8 Å². The molecule has 0 aromatic heterocycles. The van der Waals surface area contributed by atoms with Crippen LogP contribution in [0.15, 0.2) is 18.2 Å². The number of rotatable bonds is 4. The fourth-order valence-corrected chi connectivity index (χ4v) is 2.32. The summed E-state index contributed by atoms with van der Waals surface area (Å²) in [6.45, 7) is 0.703. The highest BCUT2D eigenvalue weighted by molar-refractivity contribution is 5.20. The van der Waals surface area contributed by atoms with E-state index in [1.165, 1.54) is 6.07 Å². The Balaban J connectivity index is 2.06. The van der Waals surface area contributed by atoms with Crippen LogP contribution in [0.4, 0.5) is 8.78 Å². The Morgan fingerprint density at radius 2 is 2.22 bits per heavy atom. The Morgan fingerprint density at radius 1 is 1.39 bits per heavy atom. The second-order valence-corrected chi connectivity index (χ2v) is 4.62. The molecule has 1 saturated heterocycles. The van der Waals surface area contributed by atoms with Gasteiger partial charge in [0.15, 0.2) is 0 Å². The number of benzene rings is 1. The standard InChI is InChI=1S/C13H18F2N2O/c14-10-4-5-11(15)9(7-10)8-12(17-16)13-3-1-2-6-18-13/h4-5,7,12-13,17H,1-3,6,8,16H2. The van der Waals surface area contributed by atoms with Crippen molar-refractivity contribution in [2.45, 2.75) is 37.8 Å². The van der Waals surface area contributed by atoms with E-state index in [0.29, 0.717) is 18.6 Å². The SMILES string of the molecule is NNC(Cc1cc(F)ccc1F)C1CCCCO1. The summed E-state index contributed by atoms with van der Waals surface area (Å²) >= 11 is 0. The topological polar surface area (TPSA) is 47.3 Å². The number of halogens is 2. The predicted molar refractivity (Wildman–Crippen MR) is 64.8 cm³/mol. The maximum absolute atomic E-state index is 13.6. The van der Waals surface area contributed by atoms with Crippen LogP contribution in [0.25, 0.3) is 0 Å². The zero-order chi connectivity index (χ0) is 13.0. The molecule has 0 spiro atoms. The van der Waals surface area contributed by atoms with Gasteiger partial charge in [0, 0.05) is 6.61 Å². The summed E-state index contributed by atoms with van der Waals surface area (Å²) in [7, 11) is 0. The highest BCUT2D eigenvalue weighted by Crippen LogP contribution is 2.20. The number of ether oxygens (including phenoxy) is 1. The van der Waals surface area contributed by atoms with E-state index in [2.05, 4.69) is 5.43 Å². The second-order valence-electron chi connectivity index (χ2n) is 4.62. The second kappa shape index (κ2) is 6.22. The first-order valence-electron chi connectivity index (χ1n) is 6.22. The lowest BCUT2D eigenvalue weighted by Crippen LogP contribution is -2.47. The molecule has 1 aliphatic heterocycles. The van der Waals surface area contributed by atoms with E-state index in [-0.39, 0.29) is 12.1 Å². The summed E-state index contributed by atoms with van der Waals surface area (Å²) in [5.41, 5.74) is 2.98. The fraction of sp³-hybridized carbons (Fsp3) is 0.538. The molecule has 1 aliphatic rings. The molecule has 0 amide bonds. The number of hydrazine groups is 1. The van der Waals surface area contributed by atoms with E-state index < -0.39 is 11.6 Å². The van der Waals surface area contributed by atoms with Crippen molar-refractivity contribution in [2.24, 2.45) is 5.84 Å². The molecular formula is C13H18F2N2O. The van der Waals surface area contributed by atoms with Crippen LogP contribution >= 0.6 is 0 Å². The zero-order valence-corrected chi connectivity index (χ0v) is 10.2. The number of hydrogen-bond acceptors (Lipinski definition) is 3. The summed E-state index contributed by atoms with van der Waals surface area (Å²) in [6, 6.07) is 3.27. The van der Waals surface area contributed by atoms with Gasteiger partial charge in [-0.3, -0.25) is 11.3 Å². The summed E-state index contributed by atoms with van der Waals surface area (Å²) in [5, 5.41) is 0. The van der Waals surface area contributed by atoms with Crippen molar-refractivity contribution in [3.63, 3.8) is 0 Å². The first kappa shape index (κ1) is 13.4. The first-order valence-corrected chi connectivity index (χ1v) is 6.22. The molecule has 0 aliphatic carbocycles. The Hall–Kier alpha value is -1.04. The largest absolute Gasteiger partial charge is 0.377 e. The molecule has 0 bridgehead atoms. The van der Waals surface area contributed by atoms with Gasteiger partial charge in [0.2, 0.25) is 0 Å². The van der Waals surface area contributed by atoms with Crippen LogP contribution in [0.2, 0.25) is 0 Å². The monoisotopic (exact) mass is 256 g/mol. The van der Waals surface area contributed by atoms with Crippen molar-refractivity contribution in [1.29, 1.82) is 0 Å². The highest BCUT2D eigenvalue weighted by Gasteiger charge is 2.24. The van der Waals surface area contributed by atoms with Crippen molar-refractivity contribution in [2.75, 3.05) is 6.61 Å². The van der Waals surface area contributed by atoms with Gasteiger partial charge in [-0.15, -0.1) is 0 Å². The van der Waals surface area contributed by atoms with Gasteiger partial charge < -0.3 is 4.74 Å². The molecule has 1 aromatic rings. The molecule has 18 heavy (non-hydrogen) atoms. The van der Waals surface area contributed by atoms with E-state index in [4.69, 9.17) is 10.6 Å². The lowest BCUT2D eigenvalue weighted by atomic mass is 9.96. The minimum atomic E-state index is -0.438. The predicted octanol–water partition coefficient (Wildman–Crippen LogP) is 1.91. The molecule has 1 aromatic carbocycles. The van der Waals surface area contributed by atoms with E-state index in [1.54, 1.807) is 0 Å². The van der Waals surface area contributed by atoms with Crippen molar-refractivity contribution in [3.05, 3.63) is 35.4 Å². The average molecular weight is 256 g/mol. The third-order valence-electron chi connectivity index (χ3n) is 3.33. The third kappa shape index (κ3) is 3.25. The molecule has 1 heterocycles. The Labute approximate surface area is 105 Å². The summed E-state index contributed by atoms with van der Waals surface area (Å²) in [4.78, 5) is 0. The van der Waals surface area contributed by atoms with Gasteiger partial charge in [0.05, 0.1) is 12.1 Å². The Morgan fingerprint density at radius 3 is 2.89 bits per heavy atom. The van der Waals surface area contributed by atoms with Gasteiger partial charge in [-0.2, -0.15) is 0 Å². The number of nitrogens with two attached hydrogens (primary N) is 1. The lowest BCUT2D eigenvalue weighted by molar-refractivity contribution is -0.00759. The molecule has 2 rings (SSSR count). The number of nitrogens with one attached hydrogen (secondary N) is 1. The van der Waals surface area contributed by atoms with Gasteiger partial charge in [-0.05, 0) is 49.4 Å². The van der Waals surface area contributed by atoms with E-state index in [1.807, 2.05) is 0 Å². The van der Waals surface area contributed by atoms with Gasteiger partial charge in [0.1, 0.15) is 11.6 Å². The molecule has 3 nitrogen and oxygen atoms in total. The van der Waals surface area contributed by atoms with Crippen LogP contribution in [0, 0.1) is 11.6 Å². The summed E-state index contributed by atoms with van der Waals surface area (Å²) in [5.74, 6) is 4.65. The van der Waals surface area contributed by atoms with Gasteiger partial charge in [-0.25, -0.2) is 8.78 Å². The highest BCUT2D eigenvalue weighted by atomic mass is 19.1. The maximum Gasteiger partial charge on any atom is 0.126 e. The zero-order valence-electron chi connectivity index (χ0n) is 10.2. The molecule has 3 N–H and O–H groups in total. The average Bonchev–Trinajstić information content (AvgIpc) is 2.41.